The number of hydrogen-bond donors (Lipinski definition) is 0. The number of hydrogen-bond acceptors (Lipinski definition) is 1. The van der Waals surface area contributed by atoms with Crippen molar-refractivity contribution in [3.8, 4) is 0 Å². The lowest BCUT2D eigenvalue weighted by molar-refractivity contribution is -0.0264. The maximum atomic E-state index is 5.65. The molecule has 0 spiro atoms. The molecule has 0 heterocycles. The summed E-state index contributed by atoms with van der Waals surface area (Å²) in [5.74, 6) is 0.817. The molecule has 0 radical (unpaired) electrons. The second-order valence-corrected chi connectivity index (χ2v) is 8.08. The molecule has 1 aliphatic rings. The summed E-state index contributed by atoms with van der Waals surface area (Å²) in [6, 6.07) is 9.20. The van der Waals surface area contributed by atoms with Crippen LogP contribution in [0.2, 0.25) is 0 Å². The molecule has 1 aliphatic carbocycles. The van der Waals surface area contributed by atoms with E-state index in [1.165, 1.54) is 36.8 Å². The number of alkyl halides is 1. The molecule has 0 aliphatic heterocycles. The van der Waals surface area contributed by atoms with Crippen LogP contribution in [-0.4, -0.2) is 12.7 Å². The molecule has 0 saturated heterocycles. The van der Waals surface area contributed by atoms with Gasteiger partial charge in [-0.15, -0.1) is 0 Å². The van der Waals surface area contributed by atoms with Crippen LogP contribution >= 0.6 is 15.9 Å². The maximum absolute atomic E-state index is 5.65. The Morgan fingerprint density at radius 1 is 1.19 bits per heavy atom. The van der Waals surface area contributed by atoms with Crippen molar-refractivity contribution in [3.63, 3.8) is 0 Å². The molecular weight excluding hydrogens is 324 g/mol. The van der Waals surface area contributed by atoms with Crippen LogP contribution in [0, 0.1) is 5.92 Å². The topological polar surface area (TPSA) is 9.23 Å². The second-order valence-electron chi connectivity index (χ2n) is 6.98. The van der Waals surface area contributed by atoms with E-state index < -0.39 is 0 Å². The summed E-state index contributed by atoms with van der Waals surface area (Å²) in [7, 11) is 0. The molecule has 2 rings (SSSR count). The van der Waals surface area contributed by atoms with Crippen molar-refractivity contribution >= 4 is 15.9 Å². The number of ether oxygens (including phenoxy) is 1. The molecule has 0 bridgehead atoms. The van der Waals surface area contributed by atoms with E-state index in [4.69, 9.17) is 4.74 Å². The highest BCUT2D eigenvalue weighted by molar-refractivity contribution is 9.09. The van der Waals surface area contributed by atoms with Crippen LogP contribution in [0.4, 0.5) is 0 Å². The van der Waals surface area contributed by atoms with Gasteiger partial charge in [0.2, 0.25) is 0 Å². The van der Waals surface area contributed by atoms with Crippen molar-refractivity contribution in [1.29, 1.82) is 0 Å². The van der Waals surface area contributed by atoms with Gasteiger partial charge in [0.25, 0.3) is 0 Å². The van der Waals surface area contributed by atoms with Gasteiger partial charge in [0.1, 0.15) is 0 Å². The summed E-state index contributed by atoms with van der Waals surface area (Å²) in [6.45, 7) is 9.82. The molecule has 1 aromatic rings. The molecule has 118 valence electrons. The van der Waals surface area contributed by atoms with Gasteiger partial charge in [0.15, 0.2) is 0 Å². The van der Waals surface area contributed by atoms with Gasteiger partial charge in [-0.05, 0) is 55.1 Å². The quantitative estimate of drug-likeness (QED) is 0.545. The largest absolute Gasteiger partial charge is 0.378 e. The second kappa shape index (κ2) is 7.28. The third-order valence-electron chi connectivity index (χ3n) is 5.07. The van der Waals surface area contributed by atoms with Gasteiger partial charge >= 0.3 is 0 Å². The van der Waals surface area contributed by atoms with Crippen molar-refractivity contribution in [3.05, 3.63) is 35.4 Å². The van der Waals surface area contributed by atoms with Crippen LogP contribution in [-0.2, 0) is 10.2 Å². The highest BCUT2D eigenvalue weighted by Crippen LogP contribution is 2.40. The molecular formula is C19H29BrO. The normalized spacial score (nSPS) is 23.7. The Kier molecular flexibility index (Phi) is 5.90. The Labute approximate surface area is 138 Å². The zero-order chi connectivity index (χ0) is 15.5. The zero-order valence-electron chi connectivity index (χ0n) is 13.9. The molecule has 21 heavy (non-hydrogen) atoms. The Bertz CT molecular complexity index is 431. The first kappa shape index (κ1) is 17.0. The smallest absolute Gasteiger partial charge is 0.0580 e. The van der Waals surface area contributed by atoms with E-state index in [0.29, 0.717) is 10.9 Å². The molecule has 1 fully saturated rings. The predicted octanol–water partition coefficient (Wildman–Crippen LogP) is 6.02. The summed E-state index contributed by atoms with van der Waals surface area (Å²) < 4.78 is 5.65. The third kappa shape index (κ3) is 4.32. The minimum absolute atomic E-state index is 0.277. The fourth-order valence-electron chi connectivity index (χ4n) is 3.01. The Balaban J connectivity index is 1.88. The number of benzene rings is 1. The summed E-state index contributed by atoms with van der Waals surface area (Å²) in [6.07, 6.45) is 5.38. The average molecular weight is 353 g/mol. The average Bonchev–Trinajstić information content (AvgIpc) is 2.45. The Morgan fingerprint density at radius 3 is 2.33 bits per heavy atom. The van der Waals surface area contributed by atoms with Crippen molar-refractivity contribution < 1.29 is 4.74 Å². The molecule has 1 saturated carbocycles. The standard InChI is InChI=1S/C19H29BrO/c1-5-19(3,4)16-9-7-15(8-10-16)18(20)13-14-11-17(12-14)21-6-2/h7-10,14,17-18H,5-6,11-13H2,1-4H3. The lowest BCUT2D eigenvalue weighted by Crippen LogP contribution is -2.31. The van der Waals surface area contributed by atoms with Gasteiger partial charge < -0.3 is 4.74 Å². The van der Waals surface area contributed by atoms with E-state index in [1.807, 2.05) is 0 Å². The first-order valence-corrected chi connectivity index (χ1v) is 9.24. The molecule has 0 amide bonds. The van der Waals surface area contributed by atoms with Crippen LogP contribution in [0.25, 0.3) is 0 Å². The summed E-state index contributed by atoms with van der Waals surface area (Å²) in [5.41, 5.74) is 3.12. The number of halogens is 1. The zero-order valence-corrected chi connectivity index (χ0v) is 15.4. The van der Waals surface area contributed by atoms with Crippen molar-refractivity contribution in [2.75, 3.05) is 6.61 Å². The van der Waals surface area contributed by atoms with Gasteiger partial charge in [-0.2, -0.15) is 0 Å². The first-order valence-electron chi connectivity index (χ1n) is 8.32. The monoisotopic (exact) mass is 352 g/mol. The fourth-order valence-corrected chi connectivity index (χ4v) is 3.85. The lowest BCUT2D eigenvalue weighted by Gasteiger charge is -2.36. The van der Waals surface area contributed by atoms with E-state index in [9.17, 15) is 0 Å². The van der Waals surface area contributed by atoms with E-state index in [-0.39, 0.29) is 5.41 Å². The Morgan fingerprint density at radius 2 is 1.81 bits per heavy atom. The molecule has 1 unspecified atom stereocenters. The molecule has 0 aromatic heterocycles. The van der Waals surface area contributed by atoms with Gasteiger partial charge in [-0.3, -0.25) is 0 Å². The van der Waals surface area contributed by atoms with Crippen LogP contribution in [0.3, 0.4) is 0 Å². The fraction of sp³-hybridized carbons (Fsp3) is 0.684. The van der Waals surface area contributed by atoms with Crippen LogP contribution in [0.15, 0.2) is 24.3 Å². The Hall–Kier alpha value is -0.340. The maximum Gasteiger partial charge on any atom is 0.0580 e. The number of rotatable bonds is 7. The van der Waals surface area contributed by atoms with Gasteiger partial charge in [-0.1, -0.05) is 61.0 Å². The van der Waals surface area contributed by atoms with Crippen LogP contribution < -0.4 is 0 Å². The minimum Gasteiger partial charge on any atom is -0.378 e. The minimum atomic E-state index is 0.277. The molecule has 2 heteroatoms. The van der Waals surface area contributed by atoms with Gasteiger partial charge in [0, 0.05) is 11.4 Å². The molecule has 1 atom stereocenters. The van der Waals surface area contributed by atoms with E-state index in [1.54, 1.807) is 0 Å². The summed E-state index contributed by atoms with van der Waals surface area (Å²) >= 11 is 3.87. The summed E-state index contributed by atoms with van der Waals surface area (Å²) in [5, 5.41) is 0. The highest BCUT2D eigenvalue weighted by Gasteiger charge is 2.31. The van der Waals surface area contributed by atoms with Crippen molar-refractivity contribution in [1.82, 2.24) is 0 Å². The van der Waals surface area contributed by atoms with Crippen molar-refractivity contribution in [2.24, 2.45) is 5.92 Å². The molecule has 1 aromatic carbocycles. The highest BCUT2D eigenvalue weighted by atomic mass is 79.9. The van der Waals surface area contributed by atoms with Gasteiger partial charge in [-0.25, -0.2) is 0 Å². The van der Waals surface area contributed by atoms with E-state index >= 15 is 0 Å². The lowest BCUT2D eigenvalue weighted by atomic mass is 9.78. The van der Waals surface area contributed by atoms with Crippen LogP contribution in [0.1, 0.15) is 69.3 Å². The molecule has 0 N–H and O–H groups in total. The molecule has 1 nitrogen and oxygen atoms in total. The first-order chi connectivity index (χ1) is 9.96. The van der Waals surface area contributed by atoms with E-state index in [0.717, 1.165) is 12.5 Å². The summed E-state index contributed by atoms with van der Waals surface area (Å²) in [4.78, 5) is 0.476. The van der Waals surface area contributed by atoms with Crippen LogP contribution in [0.5, 0.6) is 0 Å². The van der Waals surface area contributed by atoms with E-state index in [2.05, 4.69) is 67.9 Å². The predicted molar refractivity (Wildman–Crippen MR) is 94.2 cm³/mol. The van der Waals surface area contributed by atoms with Gasteiger partial charge in [0.05, 0.1) is 6.10 Å². The van der Waals surface area contributed by atoms with Crippen molar-refractivity contribution in [2.45, 2.75) is 69.7 Å². The SMILES string of the molecule is CCOC1CC(CC(Br)c2ccc(C(C)(C)CC)cc2)C1. The third-order valence-corrected chi connectivity index (χ3v) is 5.98.